The molecule has 3 nitrogen and oxygen atoms in total. The van der Waals surface area contributed by atoms with Gasteiger partial charge in [0, 0.05) is 0 Å². The SMILES string of the molecule is F.O=C([O-])[O-].[Be+2]. The van der Waals surface area contributed by atoms with Crippen molar-refractivity contribution in [3.05, 3.63) is 0 Å². The molecule has 6 heavy (non-hydrogen) atoms. The molecule has 0 saturated heterocycles. The molecule has 0 bridgehead atoms. The molecular weight excluding hydrogens is 88.0 g/mol. The predicted octanol–water partition coefficient (Wildman–Crippen LogP) is -2.68. The number of rotatable bonds is 0. The van der Waals surface area contributed by atoms with E-state index in [0.29, 0.717) is 0 Å². The molecule has 0 unspecified atom stereocenters. The van der Waals surface area contributed by atoms with Crippen molar-refractivity contribution < 1.29 is 19.7 Å². The number of halogens is 1. The molecule has 32 valence electrons. The molecule has 0 aromatic rings. The Morgan fingerprint density at radius 2 is 1.33 bits per heavy atom. The third-order valence-electron chi connectivity index (χ3n) is 0. The van der Waals surface area contributed by atoms with E-state index < -0.39 is 6.16 Å². The minimum atomic E-state index is -2.33. The fourth-order valence-corrected chi connectivity index (χ4v) is 0. The monoisotopic (exact) mass is 89.0 g/mol. The smallest absolute Gasteiger partial charge is 0.652 e. The molecule has 0 rings (SSSR count). The second-order valence-corrected chi connectivity index (χ2v) is 0.250. The van der Waals surface area contributed by atoms with Crippen LogP contribution in [-0.2, 0) is 0 Å². The Kier molecular flexibility index (Phi) is 26.9. The number of hydrogen-bond acceptors (Lipinski definition) is 3. The van der Waals surface area contributed by atoms with Gasteiger partial charge in [-0.3, -0.25) is 4.70 Å². The minimum Gasteiger partial charge on any atom is -0.652 e. The van der Waals surface area contributed by atoms with Crippen molar-refractivity contribution in [3.63, 3.8) is 0 Å². The quantitative estimate of drug-likeness (QED) is 0.304. The molecule has 0 N–H and O–H groups in total. The zero-order valence-corrected chi connectivity index (χ0v) is 2.84. The summed E-state index contributed by atoms with van der Waals surface area (Å²) in [5.41, 5.74) is 0. The molecule has 5 heteroatoms. The summed E-state index contributed by atoms with van der Waals surface area (Å²) >= 11 is 0. The maximum atomic E-state index is 8.33. The molecule has 0 heterocycles. The molecule has 0 aliphatic heterocycles. The summed E-state index contributed by atoms with van der Waals surface area (Å²) < 4.78 is 0. The van der Waals surface area contributed by atoms with E-state index >= 15 is 0 Å². The Bertz CT molecular complexity index is 33.8. The first kappa shape index (κ1) is 18.3. The van der Waals surface area contributed by atoms with Gasteiger partial charge in [0.25, 0.3) is 0 Å². The number of carbonyl (C=O) groups is 1. The van der Waals surface area contributed by atoms with Crippen molar-refractivity contribution in [2.75, 3.05) is 0 Å². The Morgan fingerprint density at radius 3 is 1.33 bits per heavy atom. The Hall–Kier alpha value is -0.631. The molecule has 0 aliphatic rings. The maximum absolute atomic E-state index is 8.33. The van der Waals surface area contributed by atoms with Crippen LogP contribution in [0.5, 0.6) is 0 Å². The summed E-state index contributed by atoms with van der Waals surface area (Å²) in [5.74, 6) is 0. The molecule has 0 aliphatic carbocycles. The first-order valence-corrected chi connectivity index (χ1v) is 0.612. The van der Waals surface area contributed by atoms with Crippen molar-refractivity contribution in [3.8, 4) is 0 Å². The summed E-state index contributed by atoms with van der Waals surface area (Å²) in [6, 6.07) is 0. The van der Waals surface area contributed by atoms with E-state index in [1.807, 2.05) is 0 Å². The third kappa shape index (κ3) is 47.5. The van der Waals surface area contributed by atoms with E-state index in [1.54, 1.807) is 0 Å². The van der Waals surface area contributed by atoms with Crippen molar-refractivity contribution in [1.29, 1.82) is 0 Å². The molecule has 0 radical (unpaired) electrons. The molecule has 0 spiro atoms. The summed E-state index contributed by atoms with van der Waals surface area (Å²) in [6.45, 7) is 0. The molecule has 0 amide bonds. The van der Waals surface area contributed by atoms with E-state index in [-0.39, 0.29) is 14.8 Å². The molecule has 0 aromatic heterocycles. The van der Waals surface area contributed by atoms with Crippen LogP contribution in [0.3, 0.4) is 0 Å². The van der Waals surface area contributed by atoms with Crippen molar-refractivity contribution in [1.82, 2.24) is 0 Å². The molecule has 0 atom stereocenters. The number of hydrogen-bond donors (Lipinski definition) is 0. The van der Waals surface area contributed by atoms with Gasteiger partial charge < -0.3 is 15.0 Å². The van der Waals surface area contributed by atoms with Crippen LogP contribution in [-0.4, -0.2) is 16.3 Å². The van der Waals surface area contributed by atoms with Gasteiger partial charge in [-0.05, 0) is 6.16 Å². The second kappa shape index (κ2) is 8.84. The van der Waals surface area contributed by atoms with Crippen LogP contribution >= 0.6 is 0 Å². The van der Waals surface area contributed by atoms with Crippen molar-refractivity contribution in [2.24, 2.45) is 0 Å². The second-order valence-electron chi connectivity index (χ2n) is 0.250. The minimum absolute atomic E-state index is 0. The molecule has 0 fully saturated rings. The van der Waals surface area contributed by atoms with Gasteiger partial charge in [-0.1, -0.05) is 0 Å². The Balaban J connectivity index is -0.0000000450. The van der Waals surface area contributed by atoms with Gasteiger partial charge in [0.2, 0.25) is 0 Å². The third-order valence-corrected chi connectivity index (χ3v) is 0. The Labute approximate surface area is 37.2 Å². The van der Waals surface area contributed by atoms with Gasteiger partial charge in [0.15, 0.2) is 0 Å². The van der Waals surface area contributed by atoms with Gasteiger partial charge >= 0.3 is 10.1 Å². The number of carboxylic acid groups (broad SMARTS) is 2. The van der Waals surface area contributed by atoms with Crippen LogP contribution in [0.1, 0.15) is 0 Å². The summed E-state index contributed by atoms with van der Waals surface area (Å²) in [5, 5.41) is 16.7. The largest absolute Gasteiger partial charge is 2.00 e. The van der Waals surface area contributed by atoms with Crippen LogP contribution < -0.4 is 10.2 Å². The van der Waals surface area contributed by atoms with Gasteiger partial charge in [-0.25, -0.2) is 0 Å². The molecule has 0 aromatic carbocycles. The van der Waals surface area contributed by atoms with Crippen LogP contribution in [0, 0.1) is 0 Å². The predicted molar refractivity (Wildman–Crippen MR) is 13.7 cm³/mol. The summed E-state index contributed by atoms with van der Waals surface area (Å²) in [4.78, 5) is 8.33. The van der Waals surface area contributed by atoms with Gasteiger partial charge in [0.05, 0.1) is 0 Å². The zero-order valence-electron chi connectivity index (χ0n) is 2.84. The summed E-state index contributed by atoms with van der Waals surface area (Å²) in [6.07, 6.45) is -2.33. The van der Waals surface area contributed by atoms with E-state index in [2.05, 4.69) is 0 Å². The summed E-state index contributed by atoms with van der Waals surface area (Å²) in [7, 11) is 0. The molecule has 0 saturated carbocycles. The first-order valence-electron chi connectivity index (χ1n) is 0.612. The van der Waals surface area contributed by atoms with Crippen molar-refractivity contribution in [2.45, 2.75) is 0 Å². The van der Waals surface area contributed by atoms with Crippen LogP contribution in [0.2, 0.25) is 0 Å². The van der Waals surface area contributed by atoms with E-state index in [4.69, 9.17) is 15.0 Å². The zero-order chi connectivity index (χ0) is 3.58. The number of carbonyl (C=O) groups excluding carboxylic acids is 1. The fraction of sp³-hybridized carbons (Fsp3) is 0. The van der Waals surface area contributed by atoms with Gasteiger partial charge in [-0.2, -0.15) is 0 Å². The van der Waals surface area contributed by atoms with Crippen LogP contribution in [0.15, 0.2) is 0 Å². The van der Waals surface area contributed by atoms with E-state index in [9.17, 15) is 0 Å². The average Bonchev–Trinajstić information content (AvgIpc) is 0.811. The maximum Gasteiger partial charge on any atom is 2.00 e. The Morgan fingerprint density at radius 1 is 1.33 bits per heavy atom. The fourth-order valence-electron chi connectivity index (χ4n) is 0. The average molecular weight is 89.0 g/mol. The van der Waals surface area contributed by atoms with Gasteiger partial charge in [0.1, 0.15) is 0 Å². The first-order chi connectivity index (χ1) is 1.73. The van der Waals surface area contributed by atoms with E-state index in [0.717, 1.165) is 0 Å². The topological polar surface area (TPSA) is 63.2 Å². The van der Waals surface area contributed by atoms with Crippen molar-refractivity contribution >= 4 is 16.3 Å². The van der Waals surface area contributed by atoms with E-state index in [1.165, 1.54) is 0 Å². The molecular formula is CHBeFO3. The van der Waals surface area contributed by atoms with Crippen LogP contribution in [0.25, 0.3) is 0 Å². The normalized spacial score (nSPS) is 4.00. The standard InChI is InChI=1S/CH2O3.Be.FH/c2-1(3)4;;/h(H2,2,3,4);;1H/q;+2;/p-2. The van der Waals surface area contributed by atoms with Crippen LogP contribution in [0.4, 0.5) is 9.50 Å². The van der Waals surface area contributed by atoms with Gasteiger partial charge in [-0.15, -0.1) is 0 Å².